The van der Waals surface area contributed by atoms with Crippen molar-refractivity contribution in [2.45, 2.75) is 13.0 Å². The predicted molar refractivity (Wildman–Crippen MR) is 72.5 cm³/mol. The van der Waals surface area contributed by atoms with Crippen molar-refractivity contribution in [1.82, 2.24) is 14.8 Å². The van der Waals surface area contributed by atoms with E-state index in [-0.39, 0.29) is 5.91 Å². The van der Waals surface area contributed by atoms with Crippen LogP contribution in [0.25, 0.3) is 0 Å². The fourth-order valence-electron chi connectivity index (χ4n) is 1.38. The van der Waals surface area contributed by atoms with Gasteiger partial charge in [0.15, 0.2) is 0 Å². The molecular formula is C11H10BrClN4O. The van der Waals surface area contributed by atoms with Gasteiger partial charge in [-0.25, -0.2) is 9.67 Å². The molecule has 1 aromatic carbocycles. The Morgan fingerprint density at radius 2 is 2.33 bits per heavy atom. The molecule has 0 fully saturated rings. The summed E-state index contributed by atoms with van der Waals surface area (Å²) < 4.78 is 2.14. The molecule has 1 aromatic heterocycles. The summed E-state index contributed by atoms with van der Waals surface area (Å²) >= 11 is 9.28. The van der Waals surface area contributed by atoms with Crippen LogP contribution in [0.3, 0.4) is 0 Å². The lowest BCUT2D eigenvalue weighted by atomic mass is 10.2. The summed E-state index contributed by atoms with van der Waals surface area (Å²) in [5.74, 6) is -0.191. The fourth-order valence-corrected chi connectivity index (χ4v) is 1.91. The topological polar surface area (TPSA) is 59.8 Å². The number of anilines is 1. The second-order valence-electron chi connectivity index (χ2n) is 3.64. The van der Waals surface area contributed by atoms with Gasteiger partial charge in [-0.1, -0.05) is 17.7 Å². The third kappa shape index (κ3) is 2.70. The molecule has 5 nitrogen and oxygen atoms in total. The van der Waals surface area contributed by atoms with Crippen LogP contribution in [0.5, 0.6) is 0 Å². The highest BCUT2D eigenvalue weighted by Crippen LogP contribution is 2.30. The Balaban J connectivity index is 2.14. The van der Waals surface area contributed by atoms with E-state index in [0.717, 1.165) is 0 Å². The van der Waals surface area contributed by atoms with Crippen LogP contribution in [0.4, 0.5) is 5.69 Å². The number of nitrogens with one attached hydrogen (secondary N) is 1. The molecule has 94 valence electrons. The number of benzene rings is 1. The van der Waals surface area contributed by atoms with Crippen LogP contribution in [-0.4, -0.2) is 20.7 Å². The van der Waals surface area contributed by atoms with Crippen LogP contribution < -0.4 is 5.32 Å². The van der Waals surface area contributed by atoms with Crippen LogP contribution >= 0.6 is 27.5 Å². The number of halogens is 2. The minimum absolute atomic E-state index is 0.191. The second-order valence-corrected chi connectivity index (χ2v) is 4.84. The molecule has 18 heavy (non-hydrogen) atoms. The number of carbonyl (C=O) groups is 1. The van der Waals surface area contributed by atoms with Gasteiger partial charge in [0, 0.05) is 0 Å². The maximum absolute atomic E-state index is 12.0. The zero-order valence-corrected chi connectivity index (χ0v) is 11.8. The van der Waals surface area contributed by atoms with Crippen molar-refractivity contribution in [3.8, 4) is 0 Å². The highest BCUT2D eigenvalue weighted by atomic mass is 79.9. The molecule has 0 radical (unpaired) electrons. The zero-order chi connectivity index (χ0) is 13.1. The lowest BCUT2D eigenvalue weighted by molar-refractivity contribution is -0.119. The molecule has 0 saturated carbocycles. The maximum atomic E-state index is 12.0. The van der Waals surface area contributed by atoms with Gasteiger partial charge in [-0.2, -0.15) is 5.10 Å². The molecule has 0 aliphatic carbocycles. The van der Waals surface area contributed by atoms with Crippen molar-refractivity contribution in [3.05, 3.63) is 40.3 Å². The van der Waals surface area contributed by atoms with Gasteiger partial charge in [0.25, 0.3) is 0 Å². The molecule has 0 aliphatic rings. The van der Waals surface area contributed by atoms with E-state index in [9.17, 15) is 4.79 Å². The van der Waals surface area contributed by atoms with Crippen LogP contribution in [0.2, 0.25) is 5.02 Å². The molecule has 2 rings (SSSR count). The van der Waals surface area contributed by atoms with Gasteiger partial charge < -0.3 is 5.32 Å². The van der Waals surface area contributed by atoms with Crippen molar-refractivity contribution < 1.29 is 4.79 Å². The van der Waals surface area contributed by atoms with Crippen molar-refractivity contribution in [3.63, 3.8) is 0 Å². The lowest BCUT2D eigenvalue weighted by Crippen LogP contribution is -2.24. The number of carbonyl (C=O) groups excluding carboxylic acids is 1. The van der Waals surface area contributed by atoms with Crippen LogP contribution in [0.15, 0.2) is 35.3 Å². The summed E-state index contributed by atoms with van der Waals surface area (Å²) in [5.41, 5.74) is 0.625. The minimum Gasteiger partial charge on any atom is -0.323 e. The first-order valence-corrected chi connectivity index (χ1v) is 6.35. The molecule has 2 aromatic rings. The number of nitrogens with zero attached hydrogens (tertiary/aromatic N) is 3. The molecule has 7 heteroatoms. The van der Waals surface area contributed by atoms with E-state index in [4.69, 9.17) is 11.6 Å². The quantitative estimate of drug-likeness (QED) is 0.942. The molecule has 1 heterocycles. The van der Waals surface area contributed by atoms with Crippen molar-refractivity contribution in [2.24, 2.45) is 0 Å². The van der Waals surface area contributed by atoms with Gasteiger partial charge in [-0.05, 0) is 35.0 Å². The van der Waals surface area contributed by atoms with Crippen LogP contribution in [-0.2, 0) is 4.79 Å². The first-order chi connectivity index (χ1) is 8.59. The van der Waals surface area contributed by atoms with Crippen LogP contribution in [0.1, 0.15) is 13.0 Å². The standard InChI is InChI=1S/C11H10BrClN4O/c1-7(17-6-14-5-15-17)11(18)16-9-4-2-3-8(13)10(9)12/h2-7H,1H3,(H,16,18)/t7-/m1/s1. The first-order valence-electron chi connectivity index (χ1n) is 5.18. The van der Waals surface area contributed by atoms with Crippen molar-refractivity contribution in [1.29, 1.82) is 0 Å². The summed E-state index contributed by atoms with van der Waals surface area (Å²) in [4.78, 5) is 15.8. The summed E-state index contributed by atoms with van der Waals surface area (Å²) in [7, 11) is 0. The minimum atomic E-state index is -0.446. The fraction of sp³-hybridized carbons (Fsp3) is 0.182. The number of hydrogen-bond donors (Lipinski definition) is 1. The number of rotatable bonds is 3. The molecule has 0 saturated heterocycles. The van der Waals surface area contributed by atoms with E-state index in [2.05, 4.69) is 31.3 Å². The van der Waals surface area contributed by atoms with Gasteiger partial charge in [0.2, 0.25) is 5.91 Å². The zero-order valence-electron chi connectivity index (χ0n) is 9.47. The summed E-state index contributed by atoms with van der Waals surface area (Å²) in [6.45, 7) is 1.74. The molecule has 1 N–H and O–H groups in total. The highest BCUT2D eigenvalue weighted by Gasteiger charge is 2.16. The monoisotopic (exact) mass is 328 g/mol. The molecule has 0 aliphatic heterocycles. The Bertz CT molecular complexity index is 558. The van der Waals surface area contributed by atoms with Crippen LogP contribution in [0, 0.1) is 0 Å². The Hall–Kier alpha value is -1.40. The van der Waals surface area contributed by atoms with Gasteiger partial charge in [0.1, 0.15) is 18.7 Å². The predicted octanol–water partition coefficient (Wildman–Crippen LogP) is 2.89. The summed E-state index contributed by atoms with van der Waals surface area (Å²) in [5, 5.41) is 7.25. The molecule has 0 unspecified atom stereocenters. The largest absolute Gasteiger partial charge is 0.323 e. The average Bonchev–Trinajstić information content (AvgIpc) is 2.87. The molecule has 1 amide bonds. The third-order valence-corrected chi connectivity index (χ3v) is 3.82. The Labute approximate surface area is 117 Å². The molecule has 0 bridgehead atoms. The van der Waals surface area contributed by atoms with Crippen molar-refractivity contribution in [2.75, 3.05) is 5.32 Å². The SMILES string of the molecule is C[C@H](C(=O)Nc1cccc(Cl)c1Br)n1cncn1. The number of hydrogen-bond acceptors (Lipinski definition) is 3. The highest BCUT2D eigenvalue weighted by molar-refractivity contribution is 9.10. The van der Waals surface area contributed by atoms with E-state index < -0.39 is 6.04 Å². The smallest absolute Gasteiger partial charge is 0.249 e. The van der Waals surface area contributed by atoms with E-state index in [1.54, 1.807) is 25.1 Å². The Morgan fingerprint density at radius 1 is 1.56 bits per heavy atom. The van der Waals surface area contributed by atoms with E-state index in [1.807, 2.05) is 0 Å². The molecule has 0 spiro atoms. The summed E-state index contributed by atoms with van der Waals surface area (Å²) in [6.07, 6.45) is 2.89. The summed E-state index contributed by atoms with van der Waals surface area (Å²) in [6, 6.07) is 4.82. The number of amides is 1. The normalized spacial score (nSPS) is 12.2. The Morgan fingerprint density at radius 3 is 3.00 bits per heavy atom. The molecular weight excluding hydrogens is 320 g/mol. The van der Waals surface area contributed by atoms with Gasteiger partial charge in [-0.3, -0.25) is 4.79 Å². The molecule has 1 atom stereocenters. The second kappa shape index (κ2) is 5.49. The van der Waals surface area contributed by atoms with Gasteiger partial charge in [0.05, 0.1) is 15.2 Å². The van der Waals surface area contributed by atoms with E-state index >= 15 is 0 Å². The number of aromatic nitrogens is 3. The third-order valence-electron chi connectivity index (χ3n) is 2.42. The van der Waals surface area contributed by atoms with E-state index in [0.29, 0.717) is 15.2 Å². The van der Waals surface area contributed by atoms with E-state index in [1.165, 1.54) is 17.3 Å². The van der Waals surface area contributed by atoms with Gasteiger partial charge >= 0.3 is 0 Å². The van der Waals surface area contributed by atoms with Gasteiger partial charge in [-0.15, -0.1) is 0 Å². The first kappa shape index (κ1) is 13.0. The maximum Gasteiger partial charge on any atom is 0.249 e. The lowest BCUT2D eigenvalue weighted by Gasteiger charge is -2.13. The van der Waals surface area contributed by atoms with Crippen molar-refractivity contribution >= 4 is 39.1 Å². The average molecular weight is 330 g/mol. The Kier molecular flexibility index (Phi) is 3.98.